The first kappa shape index (κ1) is 28.3. The van der Waals surface area contributed by atoms with E-state index in [9.17, 15) is 24.0 Å². The number of ether oxygens (including phenoxy) is 3. The molecule has 1 aliphatic heterocycles. The second-order valence-electron chi connectivity index (χ2n) is 9.83. The zero-order chi connectivity index (χ0) is 28.2. The fourth-order valence-electron chi connectivity index (χ4n) is 4.56. The molecule has 0 saturated carbocycles. The van der Waals surface area contributed by atoms with Crippen LogP contribution < -0.4 is 9.47 Å². The summed E-state index contributed by atoms with van der Waals surface area (Å²) in [4.78, 5) is 67.6. The molecule has 4 rings (SSSR count). The fourth-order valence-corrected chi connectivity index (χ4v) is 5.60. The van der Waals surface area contributed by atoms with Gasteiger partial charge in [0.1, 0.15) is 6.10 Å². The molecule has 1 fully saturated rings. The van der Waals surface area contributed by atoms with E-state index >= 15 is 0 Å². The van der Waals surface area contributed by atoms with Gasteiger partial charge in [-0.3, -0.25) is 19.2 Å². The molecule has 2 atom stereocenters. The number of hydroxylamine groups is 2. The minimum absolute atomic E-state index is 0.00169. The summed E-state index contributed by atoms with van der Waals surface area (Å²) < 4.78 is 17.1. The van der Waals surface area contributed by atoms with Crippen LogP contribution in [0.2, 0.25) is 0 Å². The van der Waals surface area contributed by atoms with E-state index < -0.39 is 35.3 Å². The molecule has 1 aromatic heterocycles. The molecule has 39 heavy (non-hydrogen) atoms. The third-order valence-corrected chi connectivity index (χ3v) is 8.14. The number of allylic oxidation sites excluding steroid dienone is 1. The van der Waals surface area contributed by atoms with Crippen molar-refractivity contribution >= 4 is 51.0 Å². The number of hydrogen-bond acceptors (Lipinski definition) is 10. The van der Waals surface area contributed by atoms with Gasteiger partial charge in [0.25, 0.3) is 11.8 Å². The molecule has 2 aromatic rings. The summed E-state index contributed by atoms with van der Waals surface area (Å²) in [5, 5.41) is 1.41. The molecule has 2 heterocycles. The first-order valence-electron chi connectivity index (χ1n) is 12.8. The first-order valence-corrected chi connectivity index (χ1v) is 13.6. The van der Waals surface area contributed by atoms with Crippen LogP contribution in [-0.2, 0) is 28.8 Å². The van der Waals surface area contributed by atoms with Crippen molar-refractivity contribution in [2.45, 2.75) is 64.4 Å². The third kappa shape index (κ3) is 6.47. The van der Waals surface area contributed by atoms with Crippen molar-refractivity contribution < 1.29 is 43.0 Å². The van der Waals surface area contributed by atoms with Crippen molar-refractivity contribution in [2.75, 3.05) is 14.2 Å². The maximum absolute atomic E-state index is 12.9. The van der Waals surface area contributed by atoms with Gasteiger partial charge in [-0.25, -0.2) is 4.79 Å². The van der Waals surface area contributed by atoms with Crippen LogP contribution >= 0.6 is 11.3 Å². The predicted octanol–water partition coefficient (Wildman–Crippen LogP) is 4.54. The van der Waals surface area contributed by atoms with Gasteiger partial charge in [0.2, 0.25) is 0 Å². The van der Waals surface area contributed by atoms with E-state index in [1.54, 1.807) is 39.4 Å². The number of rotatable bonds is 9. The number of Topliss-reactive ketones (excluding diaryl/α,β-unsaturated/α-hetero) is 1. The second kappa shape index (κ2) is 12.0. The van der Waals surface area contributed by atoms with Gasteiger partial charge in [0.15, 0.2) is 17.3 Å². The van der Waals surface area contributed by atoms with Crippen LogP contribution in [0.1, 0.15) is 68.0 Å². The Bertz CT molecular complexity index is 1270. The summed E-state index contributed by atoms with van der Waals surface area (Å²) in [6, 6.07) is 5.40. The lowest BCUT2D eigenvalue weighted by Gasteiger charge is -2.30. The molecule has 11 heteroatoms. The summed E-state index contributed by atoms with van der Waals surface area (Å²) in [5.74, 6) is -1.25. The molecular weight excluding hydrogens is 526 g/mol. The average molecular weight is 558 g/mol. The number of nitrogens with zero attached hydrogens (tertiary/aromatic N) is 1. The first-order chi connectivity index (χ1) is 18.6. The molecule has 1 aromatic carbocycles. The van der Waals surface area contributed by atoms with E-state index in [2.05, 4.69) is 0 Å². The van der Waals surface area contributed by atoms with Crippen LogP contribution in [0.25, 0.3) is 10.1 Å². The molecule has 10 nitrogen and oxygen atoms in total. The molecule has 0 bridgehead atoms. The van der Waals surface area contributed by atoms with Gasteiger partial charge in [-0.2, -0.15) is 0 Å². The average Bonchev–Trinajstić information content (AvgIpc) is 3.48. The summed E-state index contributed by atoms with van der Waals surface area (Å²) in [5.41, 5.74) is -0.957. The standard InChI is InChI=1S/C28H31NO9S/c1-28(27(34)38-29-24(31)8-9-25(29)32)12-5-4-6-18(11-13-28)37-26(33)10-7-19(30)23-15-17-14-20(35-2)21(36-3)16-22(17)39-23/h4,6,14-16,18H,5,7-13H2,1-3H3/b6-4+/t18-,28+/m0/s1. The number of methoxy groups -OCH3 is 2. The van der Waals surface area contributed by atoms with Crippen LogP contribution in [0.5, 0.6) is 11.5 Å². The van der Waals surface area contributed by atoms with E-state index in [4.69, 9.17) is 19.0 Å². The number of thiophene rings is 1. The molecule has 2 aliphatic rings. The van der Waals surface area contributed by atoms with Gasteiger partial charge < -0.3 is 19.0 Å². The lowest BCUT2D eigenvalue weighted by atomic mass is 9.79. The highest BCUT2D eigenvalue weighted by molar-refractivity contribution is 7.20. The molecule has 0 radical (unpaired) electrons. The second-order valence-corrected chi connectivity index (χ2v) is 10.9. The van der Waals surface area contributed by atoms with Gasteiger partial charge in [0, 0.05) is 30.0 Å². The molecular formula is C28H31NO9S. The Morgan fingerprint density at radius 1 is 1.00 bits per heavy atom. The van der Waals surface area contributed by atoms with Crippen LogP contribution in [-0.4, -0.2) is 54.9 Å². The van der Waals surface area contributed by atoms with E-state index in [1.165, 1.54) is 11.3 Å². The molecule has 1 saturated heterocycles. The SMILES string of the molecule is COc1cc2cc(C(=O)CCC(=O)O[C@H]3/C=C/CC[C@@](C)(C(=O)ON4C(=O)CCC4=O)CC3)sc2cc1OC. The minimum atomic E-state index is -0.957. The lowest BCUT2D eigenvalue weighted by Crippen LogP contribution is -2.39. The Kier molecular flexibility index (Phi) is 8.69. The zero-order valence-corrected chi connectivity index (χ0v) is 23.0. The highest BCUT2D eigenvalue weighted by atomic mass is 32.1. The highest BCUT2D eigenvalue weighted by Gasteiger charge is 2.41. The monoisotopic (exact) mass is 557 g/mol. The van der Waals surface area contributed by atoms with Gasteiger partial charge in [-0.15, -0.1) is 16.4 Å². The normalized spacial score (nSPS) is 22.2. The summed E-state index contributed by atoms with van der Waals surface area (Å²) in [6.07, 6.45) is 4.69. The van der Waals surface area contributed by atoms with E-state index in [0.29, 0.717) is 47.1 Å². The smallest absolute Gasteiger partial charge is 0.339 e. The Balaban J connectivity index is 1.31. The number of carbonyl (C=O) groups is 5. The number of esters is 1. The number of fused-ring (bicyclic) bond motifs is 1. The number of carbonyl (C=O) groups excluding carboxylic acids is 5. The summed E-state index contributed by atoms with van der Waals surface area (Å²) in [6.45, 7) is 1.72. The van der Waals surface area contributed by atoms with E-state index in [1.807, 2.05) is 12.1 Å². The molecule has 0 unspecified atom stereocenters. The van der Waals surface area contributed by atoms with Gasteiger partial charge in [-0.1, -0.05) is 6.08 Å². The van der Waals surface area contributed by atoms with E-state index in [-0.39, 0.29) is 31.5 Å². The largest absolute Gasteiger partial charge is 0.493 e. The molecule has 1 aliphatic carbocycles. The van der Waals surface area contributed by atoms with Crippen molar-refractivity contribution in [3.63, 3.8) is 0 Å². The summed E-state index contributed by atoms with van der Waals surface area (Å²) in [7, 11) is 3.09. The van der Waals surface area contributed by atoms with Crippen LogP contribution in [0.3, 0.4) is 0 Å². The molecule has 2 amide bonds. The predicted molar refractivity (Wildman–Crippen MR) is 141 cm³/mol. The highest BCUT2D eigenvalue weighted by Crippen LogP contribution is 2.37. The van der Waals surface area contributed by atoms with Crippen LogP contribution in [0.4, 0.5) is 0 Å². The zero-order valence-electron chi connectivity index (χ0n) is 22.2. The topological polar surface area (TPSA) is 126 Å². The number of benzene rings is 1. The van der Waals surface area contributed by atoms with E-state index in [0.717, 1.165) is 10.1 Å². The number of imide groups is 1. The Labute approximate surface area is 229 Å². The third-order valence-electron chi connectivity index (χ3n) is 7.00. The van der Waals surface area contributed by atoms with Gasteiger partial charge in [0.05, 0.1) is 30.9 Å². The van der Waals surface area contributed by atoms with Gasteiger partial charge in [-0.05, 0) is 56.2 Å². The number of hydrogen-bond donors (Lipinski definition) is 0. The van der Waals surface area contributed by atoms with Crippen molar-refractivity contribution in [1.82, 2.24) is 5.06 Å². The molecule has 208 valence electrons. The minimum Gasteiger partial charge on any atom is -0.493 e. The maximum Gasteiger partial charge on any atom is 0.339 e. The number of ketones is 1. The summed E-state index contributed by atoms with van der Waals surface area (Å²) >= 11 is 1.32. The van der Waals surface area contributed by atoms with Crippen molar-refractivity contribution in [3.05, 3.63) is 35.2 Å². The van der Waals surface area contributed by atoms with Crippen molar-refractivity contribution in [3.8, 4) is 11.5 Å². The Hall–Kier alpha value is -3.73. The van der Waals surface area contributed by atoms with Crippen molar-refractivity contribution in [1.29, 1.82) is 0 Å². The maximum atomic E-state index is 12.9. The molecule has 0 spiro atoms. The number of amides is 2. The molecule has 0 N–H and O–H groups in total. The van der Waals surface area contributed by atoms with Gasteiger partial charge >= 0.3 is 11.9 Å². The lowest BCUT2D eigenvalue weighted by molar-refractivity contribution is -0.205. The van der Waals surface area contributed by atoms with Crippen LogP contribution in [0.15, 0.2) is 30.4 Å². The fraction of sp³-hybridized carbons (Fsp3) is 0.464. The van der Waals surface area contributed by atoms with Crippen LogP contribution in [0, 0.1) is 5.41 Å². The Morgan fingerprint density at radius 2 is 1.69 bits per heavy atom. The Morgan fingerprint density at radius 3 is 2.38 bits per heavy atom. The quantitative estimate of drug-likeness (QED) is 0.189. The van der Waals surface area contributed by atoms with Crippen molar-refractivity contribution in [2.24, 2.45) is 5.41 Å².